The lowest BCUT2D eigenvalue weighted by Crippen LogP contribution is -2.53. The molecule has 2 aliphatic rings. The van der Waals surface area contributed by atoms with E-state index in [1.165, 1.54) is 32.5 Å². The van der Waals surface area contributed by atoms with Gasteiger partial charge in [-0.3, -0.25) is 9.69 Å². The van der Waals surface area contributed by atoms with Crippen molar-refractivity contribution >= 4 is 5.91 Å². The van der Waals surface area contributed by atoms with Crippen LogP contribution < -0.4 is 10.1 Å². The lowest BCUT2D eigenvalue weighted by Gasteiger charge is -2.41. The summed E-state index contributed by atoms with van der Waals surface area (Å²) in [6.45, 7) is 4.51. The van der Waals surface area contributed by atoms with Crippen LogP contribution in [0.5, 0.6) is 5.75 Å². The Balaban J connectivity index is 1.55. The molecule has 1 aromatic carbocycles. The lowest BCUT2D eigenvalue weighted by molar-refractivity contribution is 0.0766. The summed E-state index contributed by atoms with van der Waals surface area (Å²) in [5.74, 6) is 0.725. The van der Waals surface area contributed by atoms with E-state index in [0.717, 1.165) is 25.1 Å². The molecule has 0 saturated carbocycles. The monoisotopic (exact) mass is 331 g/mol. The van der Waals surface area contributed by atoms with E-state index in [0.29, 0.717) is 11.6 Å². The van der Waals surface area contributed by atoms with Gasteiger partial charge in [-0.2, -0.15) is 0 Å². The maximum atomic E-state index is 12.5. The standard InChI is InChI=1S/C19H29N3O2/c1-21-11-8-17(9-12-21)22-10-4-6-16(14-22)20-19(23)15-5-3-7-18(13-15)24-2/h3,5,7,13,16-17H,4,6,8-12,14H2,1-2H3,(H,20,23)/t16-/m1/s1. The summed E-state index contributed by atoms with van der Waals surface area (Å²) in [4.78, 5) is 17.5. The number of piperidine rings is 2. The Hall–Kier alpha value is -1.59. The minimum absolute atomic E-state index is 0.00382. The van der Waals surface area contributed by atoms with E-state index in [9.17, 15) is 4.79 Å². The molecule has 5 heteroatoms. The molecule has 0 spiro atoms. The highest BCUT2D eigenvalue weighted by atomic mass is 16.5. The van der Waals surface area contributed by atoms with Crippen molar-refractivity contribution in [2.75, 3.05) is 40.3 Å². The van der Waals surface area contributed by atoms with Crippen molar-refractivity contribution in [1.82, 2.24) is 15.1 Å². The molecule has 1 aromatic rings. The second-order valence-electron chi connectivity index (χ2n) is 7.07. The normalized spacial score (nSPS) is 23.8. The molecular weight excluding hydrogens is 302 g/mol. The van der Waals surface area contributed by atoms with Gasteiger partial charge >= 0.3 is 0 Å². The number of nitrogens with one attached hydrogen (secondary N) is 1. The maximum Gasteiger partial charge on any atom is 0.251 e. The fourth-order valence-electron chi connectivity index (χ4n) is 3.85. The summed E-state index contributed by atoms with van der Waals surface area (Å²) in [5, 5.41) is 3.22. The van der Waals surface area contributed by atoms with Crippen molar-refractivity contribution in [3.05, 3.63) is 29.8 Å². The first-order valence-electron chi connectivity index (χ1n) is 9.03. The topological polar surface area (TPSA) is 44.8 Å². The Morgan fingerprint density at radius 2 is 2.00 bits per heavy atom. The Bertz CT molecular complexity index is 555. The highest BCUT2D eigenvalue weighted by Gasteiger charge is 2.28. The zero-order valence-electron chi connectivity index (χ0n) is 14.8. The molecule has 2 saturated heterocycles. The summed E-state index contributed by atoms with van der Waals surface area (Å²) in [7, 11) is 3.82. The average Bonchev–Trinajstić information content (AvgIpc) is 2.62. The summed E-state index contributed by atoms with van der Waals surface area (Å²) < 4.78 is 5.21. The molecule has 2 heterocycles. The quantitative estimate of drug-likeness (QED) is 0.916. The van der Waals surface area contributed by atoms with Crippen molar-refractivity contribution in [3.8, 4) is 5.75 Å². The number of carbonyl (C=O) groups is 1. The van der Waals surface area contributed by atoms with E-state index in [1.54, 1.807) is 13.2 Å². The Labute approximate surface area is 145 Å². The number of rotatable bonds is 4. The molecule has 2 fully saturated rings. The van der Waals surface area contributed by atoms with Crippen molar-refractivity contribution in [2.24, 2.45) is 0 Å². The average molecular weight is 331 g/mol. The number of carbonyl (C=O) groups excluding carboxylic acids is 1. The number of hydrogen-bond acceptors (Lipinski definition) is 4. The SMILES string of the molecule is COc1cccc(C(=O)N[C@@H]2CCCN(C3CCN(C)CC3)C2)c1. The van der Waals surface area contributed by atoms with Crippen molar-refractivity contribution < 1.29 is 9.53 Å². The van der Waals surface area contributed by atoms with Crippen molar-refractivity contribution in [3.63, 3.8) is 0 Å². The fraction of sp³-hybridized carbons (Fsp3) is 0.632. The molecule has 1 atom stereocenters. The van der Waals surface area contributed by atoms with Crippen LogP contribution in [0.25, 0.3) is 0 Å². The van der Waals surface area contributed by atoms with Gasteiger partial charge in [0, 0.05) is 24.2 Å². The van der Waals surface area contributed by atoms with E-state index in [4.69, 9.17) is 4.74 Å². The van der Waals surface area contributed by atoms with Crippen molar-refractivity contribution in [2.45, 2.75) is 37.8 Å². The van der Waals surface area contributed by atoms with Crippen LogP contribution in [0.15, 0.2) is 24.3 Å². The Morgan fingerprint density at radius 1 is 1.21 bits per heavy atom. The molecule has 0 radical (unpaired) electrons. The zero-order valence-corrected chi connectivity index (χ0v) is 14.8. The van der Waals surface area contributed by atoms with Crippen LogP contribution >= 0.6 is 0 Å². The minimum atomic E-state index is 0.00382. The lowest BCUT2D eigenvalue weighted by atomic mass is 9.98. The summed E-state index contributed by atoms with van der Waals surface area (Å²) >= 11 is 0. The second kappa shape index (κ2) is 7.99. The number of amides is 1. The molecule has 0 aliphatic carbocycles. The van der Waals surface area contributed by atoms with E-state index >= 15 is 0 Å². The zero-order chi connectivity index (χ0) is 16.9. The van der Waals surface area contributed by atoms with Gasteiger partial charge in [-0.05, 0) is 70.6 Å². The number of nitrogens with zero attached hydrogens (tertiary/aromatic N) is 2. The number of ether oxygens (including phenoxy) is 1. The first-order valence-corrected chi connectivity index (χ1v) is 9.03. The van der Waals surface area contributed by atoms with Gasteiger partial charge in [-0.25, -0.2) is 0 Å². The predicted molar refractivity (Wildman–Crippen MR) is 95.6 cm³/mol. The van der Waals surface area contributed by atoms with E-state index < -0.39 is 0 Å². The summed E-state index contributed by atoms with van der Waals surface area (Å²) in [5.41, 5.74) is 0.672. The predicted octanol–water partition coefficient (Wildman–Crippen LogP) is 1.98. The van der Waals surface area contributed by atoms with Crippen molar-refractivity contribution in [1.29, 1.82) is 0 Å². The molecule has 0 unspecified atom stereocenters. The van der Waals surface area contributed by atoms with E-state index in [-0.39, 0.29) is 11.9 Å². The third-order valence-electron chi connectivity index (χ3n) is 5.32. The van der Waals surface area contributed by atoms with Gasteiger partial charge in [0.2, 0.25) is 0 Å². The third-order valence-corrected chi connectivity index (χ3v) is 5.32. The molecule has 0 bridgehead atoms. The van der Waals surface area contributed by atoms with Crippen LogP contribution in [0.1, 0.15) is 36.0 Å². The first-order chi connectivity index (χ1) is 11.7. The summed E-state index contributed by atoms with van der Waals surface area (Å²) in [6.07, 6.45) is 4.72. The van der Waals surface area contributed by atoms with Gasteiger partial charge in [0.25, 0.3) is 5.91 Å². The van der Waals surface area contributed by atoms with Crippen LogP contribution in [0.3, 0.4) is 0 Å². The van der Waals surface area contributed by atoms with Crippen LogP contribution in [0.2, 0.25) is 0 Å². The molecule has 5 nitrogen and oxygen atoms in total. The highest BCUT2D eigenvalue weighted by molar-refractivity contribution is 5.94. The van der Waals surface area contributed by atoms with Crippen LogP contribution in [0.4, 0.5) is 0 Å². The molecule has 24 heavy (non-hydrogen) atoms. The number of benzene rings is 1. The molecule has 1 amide bonds. The molecule has 132 valence electrons. The first kappa shape index (κ1) is 17.2. The molecular formula is C19H29N3O2. The van der Waals surface area contributed by atoms with Gasteiger partial charge in [-0.15, -0.1) is 0 Å². The van der Waals surface area contributed by atoms with Gasteiger partial charge in [0.1, 0.15) is 5.75 Å². The Kier molecular flexibility index (Phi) is 5.74. The van der Waals surface area contributed by atoms with Gasteiger partial charge in [-0.1, -0.05) is 6.07 Å². The highest BCUT2D eigenvalue weighted by Crippen LogP contribution is 2.21. The van der Waals surface area contributed by atoms with E-state index in [2.05, 4.69) is 22.2 Å². The number of methoxy groups -OCH3 is 1. The maximum absolute atomic E-state index is 12.5. The minimum Gasteiger partial charge on any atom is -0.497 e. The molecule has 3 rings (SSSR count). The van der Waals surface area contributed by atoms with Gasteiger partial charge < -0.3 is 15.0 Å². The smallest absolute Gasteiger partial charge is 0.251 e. The van der Waals surface area contributed by atoms with Crippen LogP contribution in [-0.2, 0) is 0 Å². The largest absolute Gasteiger partial charge is 0.497 e. The van der Waals surface area contributed by atoms with Gasteiger partial charge in [0.05, 0.1) is 7.11 Å². The molecule has 2 aliphatic heterocycles. The number of likely N-dealkylation sites (tertiary alicyclic amines) is 2. The number of hydrogen-bond donors (Lipinski definition) is 1. The third kappa shape index (κ3) is 4.28. The summed E-state index contributed by atoms with van der Waals surface area (Å²) in [6, 6.07) is 8.29. The fourth-order valence-corrected chi connectivity index (χ4v) is 3.85. The second-order valence-corrected chi connectivity index (χ2v) is 7.07. The molecule has 1 N–H and O–H groups in total. The van der Waals surface area contributed by atoms with Crippen LogP contribution in [0, 0.1) is 0 Å². The van der Waals surface area contributed by atoms with Gasteiger partial charge in [0.15, 0.2) is 0 Å². The molecule has 0 aromatic heterocycles. The van der Waals surface area contributed by atoms with Crippen LogP contribution in [-0.4, -0.2) is 68.1 Å². The van der Waals surface area contributed by atoms with E-state index in [1.807, 2.05) is 18.2 Å². The Morgan fingerprint density at radius 3 is 2.75 bits per heavy atom.